The van der Waals surface area contributed by atoms with E-state index in [9.17, 15) is 4.39 Å². The molecule has 0 atom stereocenters. The van der Waals surface area contributed by atoms with Gasteiger partial charge in [0.25, 0.3) is 0 Å². The molecule has 21 heavy (non-hydrogen) atoms. The molecule has 1 fully saturated rings. The van der Waals surface area contributed by atoms with Crippen molar-refractivity contribution in [2.24, 2.45) is 5.41 Å². The van der Waals surface area contributed by atoms with E-state index >= 15 is 0 Å². The van der Waals surface area contributed by atoms with E-state index in [-0.39, 0.29) is 11.2 Å². The number of benzene rings is 1. The molecule has 118 valence electrons. The van der Waals surface area contributed by atoms with Crippen LogP contribution in [0, 0.1) is 11.2 Å². The maximum absolute atomic E-state index is 13.7. The molecule has 0 saturated carbocycles. The molecule has 2 rings (SSSR count). The number of hydrogen-bond donors (Lipinski definition) is 2. The van der Waals surface area contributed by atoms with Gasteiger partial charge in [-0.15, -0.1) is 0 Å². The second-order valence-electron chi connectivity index (χ2n) is 6.27. The molecule has 0 unspecified atom stereocenters. The van der Waals surface area contributed by atoms with Gasteiger partial charge < -0.3 is 20.7 Å². The van der Waals surface area contributed by atoms with Gasteiger partial charge in [0.15, 0.2) is 11.6 Å². The van der Waals surface area contributed by atoms with E-state index < -0.39 is 5.82 Å². The standard InChI is InChI=1S/C16H26FN3O/c1-4-21-15-10-14(13(18)9-12(15)17)19-11-16(2)5-7-20(3)8-6-16/h9-10,19H,4-8,11,18H2,1-3H3. The van der Waals surface area contributed by atoms with E-state index in [4.69, 9.17) is 10.5 Å². The molecule has 1 aliphatic heterocycles. The largest absolute Gasteiger partial charge is 0.491 e. The Labute approximate surface area is 126 Å². The fraction of sp³-hybridized carbons (Fsp3) is 0.625. The number of likely N-dealkylation sites (tertiary alicyclic amines) is 1. The zero-order valence-electron chi connectivity index (χ0n) is 13.2. The lowest BCUT2D eigenvalue weighted by Gasteiger charge is -2.38. The van der Waals surface area contributed by atoms with Crippen LogP contribution in [0.1, 0.15) is 26.7 Å². The topological polar surface area (TPSA) is 50.5 Å². The molecular weight excluding hydrogens is 269 g/mol. The Morgan fingerprint density at radius 1 is 1.38 bits per heavy atom. The third-order valence-corrected chi connectivity index (χ3v) is 4.30. The fourth-order valence-electron chi connectivity index (χ4n) is 2.63. The molecule has 3 N–H and O–H groups in total. The van der Waals surface area contributed by atoms with Crippen molar-refractivity contribution >= 4 is 11.4 Å². The molecule has 1 aromatic carbocycles. The van der Waals surface area contributed by atoms with Crippen LogP contribution in [0.2, 0.25) is 0 Å². The van der Waals surface area contributed by atoms with Crippen LogP contribution in [0.15, 0.2) is 12.1 Å². The fourth-order valence-corrected chi connectivity index (χ4v) is 2.63. The maximum atomic E-state index is 13.7. The van der Waals surface area contributed by atoms with Crippen LogP contribution < -0.4 is 15.8 Å². The van der Waals surface area contributed by atoms with Gasteiger partial charge in [0.2, 0.25) is 0 Å². The van der Waals surface area contributed by atoms with Crippen LogP contribution >= 0.6 is 0 Å². The minimum absolute atomic E-state index is 0.249. The van der Waals surface area contributed by atoms with Crippen LogP contribution in [0.4, 0.5) is 15.8 Å². The number of nitrogens with zero attached hydrogens (tertiary/aromatic N) is 1. The predicted octanol–water partition coefficient (Wildman–Crippen LogP) is 2.95. The molecule has 1 heterocycles. The zero-order valence-corrected chi connectivity index (χ0v) is 13.2. The smallest absolute Gasteiger partial charge is 0.167 e. The summed E-state index contributed by atoms with van der Waals surface area (Å²) in [4.78, 5) is 2.35. The first-order chi connectivity index (χ1) is 9.93. The number of nitrogens with two attached hydrogens (primary N) is 1. The van der Waals surface area contributed by atoms with Gasteiger partial charge in [-0.2, -0.15) is 0 Å². The molecule has 0 radical (unpaired) electrons. The Balaban J connectivity index is 2.04. The second-order valence-corrected chi connectivity index (χ2v) is 6.27. The van der Waals surface area contributed by atoms with Gasteiger partial charge in [0, 0.05) is 18.7 Å². The molecule has 0 spiro atoms. The van der Waals surface area contributed by atoms with Crippen molar-refractivity contribution in [1.29, 1.82) is 0 Å². The summed E-state index contributed by atoms with van der Waals surface area (Å²) in [5.74, 6) is -0.159. The van der Waals surface area contributed by atoms with E-state index in [1.54, 1.807) is 6.07 Å². The SMILES string of the molecule is CCOc1cc(NCC2(C)CCN(C)CC2)c(N)cc1F. The van der Waals surface area contributed by atoms with Crippen LogP contribution in [0.3, 0.4) is 0 Å². The van der Waals surface area contributed by atoms with E-state index in [1.807, 2.05) is 6.92 Å². The highest BCUT2D eigenvalue weighted by atomic mass is 19.1. The highest BCUT2D eigenvalue weighted by Gasteiger charge is 2.28. The van der Waals surface area contributed by atoms with Crippen LogP contribution in [-0.2, 0) is 0 Å². The molecule has 5 heteroatoms. The van der Waals surface area contributed by atoms with Gasteiger partial charge in [-0.3, -0.25) is 0 Å². The summed E-state index contributed by atoms with van der Waals surface area (Å²) in [7, 11) is 2.15. The third kappa shape index (κ3) is 4.00. The molecule has 0 aliphatic carbocycles. The number of ether oxygens (including phenoxy) is 1. The molecule has 0 bridgehead atoms. The van der Waals surface area contributed by atoms with Crippen LogP contribution in [-0.4, -0.2) is 38.2 Å². The first-order valence-corrected chi connectivity index (χ1v) is 7.58. The van der Waals surface area contributed by atoms with Crippen LogP contribution in [0.25, 0.3) is 0 Å². The minimum Gasteiger partial charge on any atom is -0.491 e. The number of nitrogen functional groups attached to an aromatic ring is 1. The molecule has 0 amide bonds. The Hall–Kier alpha value is -1.49. The van der Waals surface area contributed by atoms with Gasteiger partial charge in [-0.25, -0.2) is 4.39 Å². The second kappa shape index (κ2) is 6.52. The van der Waals surface area contributed by atoms with Crippen molar-refractivity contribution < 1.29 is 9.13 Å². The lowest BCUT2D eigenvalue weighted by atomic mass is 9.80. The number of anilines is 2. The summed E-state index contributed by atoms with van der Waals surface area (Å²) in [6.07, 6.45) is 2.30. The first kappa shape index (κ1) is 15.9. The Bertz CT molecular complexity index is 485. The first-order valence-electron chi connectivity index (χ1n) is 7.58. The number of hydrogen-bond acceptors (Lipinski definition) is 4. The van der Waals surface area contributed by atoms with Gasteiger partial charge in [-0.05, 0) is 45.3 Å². The van der Waals surface area contributed by atoms with E-state index in [2.05, 4.69) is 24.2 Å². The highest BCUT2D eigenvalue weighted by molar-refractivity contribution is 5.68. The van der Waals surface area contributed by atoms with E-state index in [0.29, 0.717) is 12.3 Å². The molecule has 0 aromatic heterocycles. The Kier molecular flexibility index (Phi) is 4.93. The Morgan fingerprint density at radius 3 is 2.67 bits per heavy atom. The summed E-state index contributed by atoms with van der Waals surface area (Å²) < 4.78 is 19.0. The van der Waals surface area contributed by atoms with Crippen molar-refractivity contribution in [2.45, 2.75) is 26.7 Å². The number of halogens is 1. The monoisotopic (exact) mass is 295 g/mol. The van der Waals surface area contributed by atoms with Crippen LogP contribution in [0.5, 0.6) is 5.75 Å². The molecule has 1 aromatic rings. The molecule has 1 saturated heterocycles. The number of rotatable bonds is 5. The van der Waals surface area contributed by atoms with Gasteiger partial charge >= 0.3 is 0 Å². The van der Waals surface area contributed by atoms with E-state index in [0.717, 1.165) is 38.2 Å². The Morgan fingerprint density at radius 2 is 2.05 bits per heavy atom. The summed E-state index contributed by atoms with van der Waals surface area (Å²) in [6.45, 7) is 7.62. The normalized spacial score (nSPS) is 18.5. The van der Waals surface area contributed by atoms with Gasteiger partial charge in [-0.1, -0.05) is 6.92 Å². The maximum Gasteiger partial charge on any atom is 0.167 e. The number of nitrogens with one attached hydrogen (secondary N) is 1. The van der Waals surface area contributed by atoms with Crippen molar-refractivity contribution in [3.63, 3.8) is 0 Å². The summed E-state index contributed by atoms with van der Waals surface area (Å²) >= 11 is 0. The molecule has 1 aliphatic rings. The summed E-state index contributed by atoms with van der Waals surface area (Å²) in [5, 5.41) is 3.37. The summed E-state index contributed by atoms with van der Waals surface area (Å²) in [6, 6.07) is 2.98. The zero-order chi connectivity index (χ0) is 15.5. The van der Waals surface area contributed by atoms with Gasteiger partial charge in [0.05, 0.1) is 18.0 Å². The lowest BCUT2D eigenvalue weighted by Crippen LogP contribution is -2.40. The van der Waals surface area contributed by atoms with Crippen molar-refractivity contribution in [2.75, 3.05) is 44.3 Å². The molecule has 4 nitrogen and oxygen atoms in total. The average molecular weight is 295 g/mol. The lowest BCUT2D eigenvalue weighted by molar-refractivity contribution is 0.150. The minimum atomic E-state index is -0.412. The number of piperidine rings is 1. The summed E-state index contributed by atoms with van der Waals surface area (Å²) in [5.41, 5.74) is 7.32. The highest BCUT2D eigenvalue weighted by Crippen LogP contribution is 2.33. The van der Waals surface area contributed by atoms with Crippen molar-refractivity contribution in [3.8, 4) is 5.75 Å². The van der Waals surface area contributed by atoms with Crippen molar-refractivity contribution in [3.05, 3.63) is 17.9 Å². The predicted molar refractivity (Wildman–Crippen MR) is 85.3 cm³/mol. The van der Waals surface area contributed by atoms with Crippen molar-refractivity contribution in [1.82, 2.24) is 4.90 Å². The third-order valence-electron chi connectivity index (χ3n) is 4.30. The average Bonchev–Trinajstić information content (AvgIpc) is 2.44. The van der Waals surface area contributed by atoms with E-state index in [1.165, 1.54) is 6.07 Å². The molecular formula is C16H26FN3O. The van der Waals surface area contributed by atoms with Gasteiger partial charge in [0.1, 0.15) is 0 Å². The quantitative estimate of drug-likeness (QED) is 0.820.